The minimum atomic E-state index is -0.169. The molecule has 1 aromatic heterocycles. The van der Waals surface area contributed by atoms with Crippen LogP contribution in [0.25, 0.3) is 0 Å². The van der Waals surface area contributed by atoms with Gasteiger partial charge in [0.25, 0.3) is 11.1 Å². The fourth-order valence-electron chi connectivity index (χ4n) is 3.64. The molecule has 186 valence electrons. The molecule has 0 aliphatic heterocycles. The molecule has 3 aromatic carbocycles. The molecule has 4 rings (SSSR count). The van der Waals surface area contributed by atoms with E-state index in [9.17, 15) is 4.79 Å². The van der Waals surface area contributed by atoms with E-state index >= 15 is 0 Å². The second kappa shape index (κ2) is 11.7. The molecule has 0 saturated carbocycles. The number of nitrogens with zero attached hydrogens (tertiary/aromatic N) is 2. The van der Waals surface area contributed by atoms with Gasteiger partial charge in [-0.05, 0) is 61.2 Å². The number of hydrogen-bond acceptors (Lipinski definition) is 7. The number of benzene rings is 3. The van der Waals surface area contributed by atoms with Gasteiger partial charge in [-0.3, -0.25) is 4.79 Å². The van der Waals surface area contributed by atoms with E-state index in [0.29, 0.717) is 53.2 Å². The van der Waals surface area contributed by atoms with Crippen molar-refractivity contribution in [3.8, 4) is 22.4 Å². The molecule has 0 spiro atoms. The number of carbonyl (C=O) groups is 1. The zero-order valence-electron chi connectivity index (χ0n) is 20.8. The summed E-state index contributed by atoms with van der Waals surface area (Å²) in [5.74, 6) is 2.47. The predicted molar refractivity (Wildman–Crippen MR) is 141 cm³/mol. The molecule has 7 nitrogen and oxygen atoms in total. The molecular weight excluding hydrogens is 474 g/mol. The third kappa shape index (κ3) is 6.40. The van der Waals surface area contributed by atoms with E-state index in [-0.39, 0.29) is 5.91 Å². The van der Waals surface area contributed by atoms with Crippen molar-refractivity contribution in [2.45, 2.75) is 26.7 Å². The summed E-state index contributed by atoms with van der Waals surface area (Å²) in [5, 5.41) is 3.42. The highest BCUT2D eigenvalue weighted by Gasteiger charge is 2.13. The fourth-order valence-corrected chi connectivity index (χ4v) is 4.21. The fraction of sp³-hybridized carbons (Fsp3) is 0.250. The lowest BCUT2D eigenvalue weighted by Gasteiger charge is -2.11. The number of ether oxygens (including phenoxy) is 3. The van der Waals surface area contributed by atoms with E-state index < -0.39 is 0 Å². The molecule has 0 bridgehead atoms. The third-order valence-corrected chi connectivity index (χ3v) is 6.36. The number of aromatic nitrogens is 2. The smallest absolute Gasteiger partial charge is 0.298 e. The largest absolute Gasteiger partial charge is 0.493 e. The van der Waals surface area contributed by atoms with Crippen molar-refractivity contribution in [1.29, 1.82) is 0 Å². The molecule has 0 saturated heterocycles. The molecule has 0 unspecified atom stereocenters. The predicted octanol–water partition coefficient (Wildman–Crippen LogP) is 5.53. The van der Waals surface area contributed by atoms with Crippen LogP contribution in [0, 0.1) is 13.8 Å². The third-order valence-electron chi connectivity index (χ3n) is 5.73. The quantitative estimate of drug-likeness (QED) is 0.307. The van der Waals surface area contributed by atoms with Crippen LogP contribution in [-0.2, 0) is 12.8 Å². The van der Waals surface area contributed by atoms with Crippen LogP contribution in [0.3, 0.4) is 0 Å². The number of methoxy groups -OCH3 is 2. The Hall–Kier alpha value is -3.91. The molecule has 4 aromatic rings. The Labute approximate surface area is 215 Å². The van der Waals surface area contributed by atoms with Crippen LogP contribution in [0.2, 0.25) is 0 Å². The number of amides is 1. The van der Waals surface area contributed by atoms with E-state index in [0.717, 1.165) is 16.7 Å². The van der Waals surface area contributed by atoms with E-state index in [1.807, 2.05) is 31.2 Å². The zero-order valence-corrected chi connectivity index (χ0v) is 21.6. The maximum absolute atomic E-state index is 12.8. The van der Waals surface area contributed by atoms with E-state index in [1.165, 1.54) is 17.1 Å². The summed E-state index contributed by atoms with van der Waals surface area (Å²) >= 11 is 1.20. The SMILES string of the molecule is COc1ccc(CCNC(=O)c2ccc(C)c(Oc3nc(Cc4ccc(C)cc4)ns3)c2)cc1OC. The highest BCUT2D eigenvalue weighted by atomic mass is 32.1. The average Bonchev–Trinajstić information content (AvgIpc) is 3.33. The number of rotatable bonds is 10. The molecular formula is C28H29N3O4S. The first-order chi connectivity index (χ1) is 17.4. The molecule has 0 radical (unpaired) electrons. The Morgan fingerprint density at radius 3 is 2.39 bits per heavy atom. The second-order valence-corrected chi connectivity index (χ2v) is 9.13. The van der Waals surface area contributed by atoms with Gasteiger partial charge in [0.1, 0.15) is 5.75 Å². The van der Waals surface area contributed by atoms with Gasteiger partial charge in [0, 0.05) is 30.1 Å². The Bertz CT molecular complexity index is 1340. The van der Waals surface area contributed by atoms with Crippen LogP contribution < -0.4 is 19.5 Å². The van der Waals surface area contributed by atoms with Crippen molar-refractivity contribution in [2.24, 2.45) is 0 Å². The van der Waals surface area contributed by atoms with Gasteiger partial charge in [0.05, 0.1) is 14.2 Å². The summed E-state index contributed by atoms with van der Waals surface area (Å²) in [5.41, 5.74) is 4.83. The summed E-state index contributed by atoms with van der Waals surface area (Å²) in [6.07, 6.45) is 1.30. The van der Waals surface area contributed by atoms with Crippen LogP contribution in [0.15, 0.2) is 60.7 Å². The van der Waals surface area contributed by atoms with Crippen molar-refractivity contribution in [2.75, 3.05) is 20.8 Å². The van der Waals surface area contributed by atoms with Gasteiger partial charge in [0.15, 0.2) is 17.3 Å². The maximum atomic E-state index is 12.8. The molecule has 1 amide bonds. The molecule has 0 aliphatic rings. The first-order valence-corrected chi connectivity index (χ1v) is 12.4. The van der Waals surface area contributed by atoms with Crippen LogP contribution in [0.5, 0.6) is 22.4 Å². The van der Waals surface area contributed by atoms with Crippen molar-refractivity contribution >= 4 is 17.4 Å². The number of aryl methyl sites for hydroxylation is 2. The Morgan fingerprint density at radius 2 is 1.64 bits per heavy atom. The first-order valence-electron chi connectivity index (χ1n) is 11.6. The van der Waals surface area contributed by atoms with Crippen molar-refractivity contribution in [3.05, 3.63) is 94.3 Å². The average molecular weight is 504 g/mol. The minimum Gasteiger partial charge on any atom is -0.493 e. The van der Waals surface area contributed by atoms with Crippen LogP contribution >= 0.6 is 11.5 Å². The topological polar surface area (TPSA) is 82.6 Å². The summed E-state index contributed by atoms with van der Waals surface area (Å²) in [6.45, 7) is 4.48. The lowest BCUT2D eigenvalue weighted by molar-refractivity contribution is 0.0954. The van der Waals surface area contributed by atoms with Crippen LogP contribution in [0.1, 0.15) is 38.4 Å². The lowest BCUT2D eigenvalue weighted by Crippen LogP contribution is -2.25. The van der Waals surface area contributed by atoms with Gasteiger partial charge in [-0.2, -0.15) is 9.36 Å². The van der Waals surface area contributed by atoms with Gasteiger partial charge in [-0.1, -0.05) is 42.0 Å². The normalized spacial score (nSPS) is 10.7. The molecule has 1 heterocycles. The Kier molecular flexibility index (Phi) is 8.17. The standard InChI is InChI=1S/C28H29N3O4S/c1-18-5-8-20(9-6-18)16-26-30-28(36-31-26)35-24-17-22(11-7-19(24)2)27(32)29-14-13-21-10-12-23(33-3)25(15-21)34-4/h5-12,15,17H,13-14,16H2,1-4H3,(H,29,32). The summed E-state index contributed by atoms with van der Waals surface area (Å²) < 4.78 is 21.0. The lowest BCUT2D eigenvalue weighted by atomic mass is 10.1. The Morgan fingerprint density at radius 1 is 0.889 bits per heavy atom. The van der Waals surface area contributed by atoms with E-state index in [2.05, 4.69) is 45.9 Å². The maximum Gasteiger partial charge on any atom is 0.298 e. The van der Waals surface area contributed by atoms with E-state index in [4.69, 9.17) is 14.2 Å². The number of nitrogens with one attached hydrogen (secondary N) is 1. The van der Waals surface area contributed by atoms with Crippen LogP contribution in [-0.4, -0.2) is 36.0 Å². The second-order valence-electron chi connectivity index (χ2n) is 8.42. The summed E-state index contributed by atoms with van der Waals surface area (Å²) in [7, 11) is 3.21. The van der Waals surface area contributed by atoms with Gasteiger partial charge >= 0.3 is 0 Å². The molecule has 0 fully saturated rings. The van der Waals surface area contributed by atoms with Crippen molar-refractivity contribution in [1.82, 2.24) is 14.7 Å². The van der Waals surface area contributed by atoms with Crippen molar-refractivity contribution < 1.29 is 19.0 Å². The van der Waals surface area contributed by atoms with Gasteiger partial charge in [0.2, 0.25) is 0 Å². The van der Waals surface area contributed by atoms with Gasteiger partial charge < -0.3 is 19.5 Å². The zero-order chi connectivity index (χ0) is 25.5. The highest BCUT2D eigenvalue weighted by molar-refractivity contribution is 7.07. The van der Waals surface area contributed by atoms with Gasteiger partial charge in [-0.15, -0.1) is 0 Å². The molecule has 8 heteroatoms. The van der Waals surface area contributed by atoms with Gasteiger partial charge in [-0.25, -0.2) is 0 Å². The number of hydrogen-bond donors (Lipinski definition) is 1. The van der Waals surface area contributed by atoms with Crippen LogP contribution in [0.4, 0.5) is 0 Å². The monoisotopic (exact) mass is 503 g/mol. The highest BCUT2D eigenvalue weighted by Crippen LogP contribution is 2.29. The molecule has 0 aliphatic carbocycles. The summed E-state index contributed by atoms with van der Waals surface area (Å²) in [4.78, 5) is 17.3. The molecule has 36 heavy (non-hydrogen) atoms. The van der Waals surface area contributed by atoms with E-state index in [1.54, 1.807) is 26.4 Å². The first kappa shape index (κ1) is 25.2. The molecule has 0 atom stereocenters. The number of carbonyl (C=O) groups excluding carboxylic acids is 1. The molecule has 1 N–H and O–H groups in total. The minimum absolute atomic E-state index is 0.169. The summed E-state index contributed by atoms with van der Waals surface area (Å²) in [6, 6.07) is 19.4. The Balaban J connectivity index is 1.36. The van der Waals surface area contributed by atoms with Crippen molar-refractivity contribution in [3.63, 3.8) is 0 Å².